The normalized spacial score (nSPS) is 17.4. The monoisotopic (exact) mass is 408 g/mol. The lowest BCUT2D eigenvalue weighted by atomic mass is 9.84. The molecule has 1 aromatic heterocycles. The Morgan fingerprint density at radius 1 is 1.13 bits per heavy atom. The molecular weight excluding hydrogens is 388 g/mol. The van der Waals surface area contributed by atoms with E-state index >= 15 is 0 Å². The van der Waals surface area contributed by atoms with Gasteiger partial charge in [0.05, 0.1) is 22.9 Å². The van der Waals surface area contributed by atoms with Crippen LogP contribution in [0.1, 0.15) is 19.4 Å². The van der Waals surface area contributed by atoms with Crippen molar-refractivity contribution in [2.75, 3.05) is 11.9 Å². The largest absolute Gasteiger partial charge is 0.347 e. The molecule has 0 amide bonds. The number of hydrogen-bond acceptors (Lipinski definition) is 4. The van der Waals surface area contributed by atoms with Crippen LogP contribution in [0.2, 0.25) is 0 Å². The summed E-state index contributed by atoms with van der Waals surface area (Å²) in [5, 5.41) is 9.29. The summed E-state index contributed by atoms with van der Waals surface area (Å²) in [5.74, 6) is 0. The molecule has 1 aliphatic rings. The zero-order valence-corrected chi connectivity index (χ0v) is 17.9. The van der Waals surface area contributed by atoms with Crippen molar-refractivity contribution in [3.63, 3.8) is 0 Å². The van der Waals surface area contributed by atoms with Gasteiger partial charge < -0.3 is 4.90 Å². The number of allylic oxidation sites excluding steroid dienone is 2. The number of rotatable bonds is 2. The van der Waals surface area contributed by atoms with E-state index < -0.39 is 0 Å². The van der Waals surface area contributed by atoms with Crippen LogP contribution < -0.4 is 14.1 Å². The topological polar surface area (TPSA) is 44.3 Å². The first kappa shape index (κ1) is 19.6. The first-order valence-electron chi connectivity index (χ1n) is 9.57. The van der Waals surface area contributed by atoms with Crippen LogP contribution in [0.15, 0.2) is 66.4 Å². The molecule has 0 atom stereocenters. The molecule has 2 aromatic carbocycles. The third-order valence-electron chi connectivity index (χ3n) is 5.45. The standard InChI is InChI=1S/C25H20N4S/c1-25(2)18-12-8-9-13-20(18)29(4)22(25)15-14-21-23(17-10-6-5-7-11-17)28-24(30-21)19(16-26)27-3/h5-15H,1-2,4H3. The Morgan fingerprint density at radius 2 is 1.83 bits per heavy atom. The lowest BCUT2D eigenvalue weighted by Crippen LogP contribution is -2.22. The van der Waals surface area contributed by atoms with Crippen molar-refractivity contribution in [2.24, 2.45) is 0 Å². The van der Waals surface area contributed by atoms with E-state index in [2.05, 4.69) is 72.0 Å². The van der Waals surface area contributed by atoms with E-state index in [0.717, 1.165) is 15.8 Å². The molecule has 0 saturated carbocycles. The maximum absolute atomic E-state index is 9.29. The molecule has 0 fully saturated rings. The van der Waals surface area contributed by atoms with Gasteiger partial charge in [-0.2, -0.15) is 0 Å². The predicted octanol–water partition coefficient (Wildman–Crippen LogP) is 4.45. The van der Waals surface area contributed by atoms with Crippen LogP contribution in [0.5, 0.6) is 0 Å². The van der Waals surface area contributed by atoms with Crippen molar-refractivity contribution in [1.29, 1.82) is 5.26 Å². The maximum Gasteiger partial charge on any atom is 0.296 e. The molecule has 3 aromatic rings. The highest BCUT2D eigenvalue weighted by atomic mass is 32.1. The summed E-state index contributed by atoms with van der Waals surface area (Å²) in [6.45, 7) is 11.7. The molecule has 0 aliphatic carbocycles. The van der Waals surface area contributed by atoms with E-state index in [-0.39, 0.29) is 11.1 Å². The number of likely N-dealkylation sites (N-methyl/N-ethyl adjacent to an activating group) is 1. The minimum atomic E-state index is -0.122. The van der Waals surface area contributed by atoms with Crippen LogP contribution in [-0.4, -0.2) is 12.0 Å². The zero-order chi connectivity index (χ0) is 21.3. The Morgan fingerprint density at radius 3 is 2.50 bits per heavy atom. The van der Waals surface area contributed by atoms with Gasteiger partial charge in [0.25, 0.3) is 5.70 Å². The van der Waals surface area contributed by atoms with Gasteiger partial charge in [0.2, 0.25) is 0 Å². The summed E-state index contributed by atoms with van der Waals surface area (Å²) in [7, 11) is 2.09. The molecule has 0 unspecified atom stereocenters. The molecule has 0 spiro atoms. The van der Waals surface area contributed by atoms with Gasteiger partial charge in [0.1, 0.15) is 4.66 Å². The van der Waals surface area contributed by atoms with E-state index in [4.69, 9.17) is 6.57 Å². The van der Waals surface area contributed by atoms with Crippen molar-refractivity contribution in [1.82, 2.24) is 4.98 Å². The number of para-hydroxylation sites is 1. The third kappa shape index (κ3) is 3.20. The first-order chi connectivity index (χ1) is 14.5. The summed E-state index contributed by atoms with van der Waals surface area (Å²) >= 11 is 1.38. The van der Waals surface area contributed by atoms with Gasteiger partial charge in [-0.05, 0) is 23.8 Å². The van der Waals surface area contributed by atoms with Crippen LogP contribution >= 0.6 is 11.3 Å². The lowest BCUT2D eigenvalue weighted by Gasteiger charge is -2.23. The zero-order valence-electron chi connectivity index (χ0n) is 17.0. The van der Waals surface area contributed by atoms with Gasteiger partial charge in [0.15, 0.2) is 0 Å². The third-order valence-corrected chi connectivity index (χ3v) is 6.48. The molecular formula is C25H20N4S. The molecule has 4 nitrogen and oxygen atoms in total. The van der Waals surface area contributed by atoms with Crippen molar-refractivity contribution in [3.8, 4) is 17.3 Å². The number of benzene rings is 2. The van der Waals surface area contributed by atoms with Crippen molar-refractivity contribution < 1.29 is 0 Å². The Labute approximate surface area is 180 Å². The smallest absolute Gasteiger partial charge is 0.296 e. The van der Waals surface area contributed by atoms with Crippen molar-refractivity contribution in [2.45, 2.75) is 19.3 Å². The van der Waals surface area contributed by atoms with Crippen LogP contribution in [0.25, 0.3) is 27.9 Å². The van der Waals surface area contributed by atoms with Gasteiger partial charge in [-0.1, -0.05) is 62.4 Å². The Bertz CT molecular complexity index is 1330. The van der Waals surface area contributed by atoms with Gasteiger partial charge in [0, 0.05) is 29.4 Å². The first-order valence-corrected chi connectivity index (χ1v) is 10.4. The van der Waals surface area contributed by atoms with E-state index in [1.807, 2.05) is 36.4 Å². The second-order valence-corrected chi connectivity index (χ2v) is 8.62. The molecule has 2 heterocycles. The second-order valence-electron chi connectivity index (χ2n) is 7.59. The molecule has 146 valence electrons. The van der Waals surface area contributed by atoms with Crippen LogP contribution in [0.4, 0.5) is 5.69 Å². The fourth-order valence-corrected chi connectivity index (χ4v) is 4.86. The molecule has 1 aliphatic heterocycles. The molecule has 0 bridgehead atoms. The van der Waals surface area contributed by atoms with Crippen molar-refractivity contribution in [3.05, 3.63) is 92.5 Å². The highest BCUT2D eigenvalue weighted by molar-refractivity contribution is 7.07. The van der Waals surface area contributed by atoms with Crippen LogP contribution in [0, 0.1) is 17.9 Å². The highest BCUT2D eigenvalue weighted by Crippen LogP contribution is 2.46. The summed E-state index contributed by atoms with van der Waals surface area (Å²) < 4.78 is 1.39. The summed E-state index contributed by atoms with van der Waals surface area (Å²) in [6.07, 6.45) is 4.19. The average molecular weight is 409 g/mol. The number of nitrogens with zero attached hydrogens (tertiary/aromatic N) is 4. The fourth-order valence-electron chi connectivity index (χ4n) is 3.93. The highest BCUT2D eigenvalue weighted by Gasteiger charge is 2.37. The van der Waals surface area contributed by atoms with Crippen molar-refractivity contribution >= 4 is 28.8 Å². The maximum atomic E-state index is 9.29. The van der Waals surface area contributed by atoms with Gasteiger partial charge >= 0.3 is 0 Å². The molecule has 0 radical (unpaired) electrons. The van der Waals surface area contributed by atoms with E-state index in [0.29, 0.717) is 4.66 Å². The molecule has 4 rings (SSSR count). The van der Waals surface area contributed by atoms with Crippen LogP contribution in [0.3, 0.4) is 0 Å². The van der Waals surface area contributed by atoms with Gasteiger partial charge in [-0.3, -0.25) is 0 Å². The number of nitriles is 1. The Kier molecular flexibility index (Phi) is 4.99. The quantitative estimate of drug-likeness (QED) is 0.589. The van der Waals surface area contributed by atoms with Crippen LogP contribution in [-0.2, 0) is 5.41 Å². The number of aromatic nitrogens is 1. The average Bonchev–Trinajstić information content (AvgIpc) is 3.26. The lowest BCUT2D eigenvalue weighted by molar-refractivity contribution is 0.641. The molecule has 5 heteroatoms. The minimum Gasteiger partial charge on any atom is -0.347 e. The molecule has 0 saturated heterocycles. The van der Waals surface area contributed by atoms with E-state index in [1.165, 1.54) is 28.3 Å². The SMILES string of the molecule is [C-]#[N+]C(C#N)=c1nc(-c2ccccc2)c(=CC=C2N(C)c3ccccc3C2(C)C)s1. The molecule has 0 N–H and O–H groups in total. The number of thiazole rings is 1. The number of anilines is 1. The van der Waals surface area contributed by atoms with Gasteiger partial charge in [-0.25, -0.2) is 15.1 Å². The summed E-state index contributed by atoms with van der Waals surface area (Å²) in [4.78, 5) is 10.2. The Balaban J connectivity index is 1.93. The van der Waals surface area contributed by atoms with E-state index in [9.17, 15) is 5.26 Å². The van der Waals surface area contributed by atoms with E-state index in [1.54, 1.807) is 0 Å². The Hall–Kier alpha value is -3.67. The number of fused-ring (bicyclic) bond motifs is 1. The summed E-state index contributed by atoms with van der Waals surface area (Å²) in [5.41, 5.74) is 5.36. The second kappa shape index (κ2) is 7.63. The number of hydrogen-bond donors (Lipinski definition) is 0. The predicted molar refractivity (Wildman–Crippen MR) is 123 cm³/mol. The summed E-state index contributed by atoms with van der Waals surface area (Å²) in [6, 6.07) is 20.3. The van der Waals surface area contributed by atoms with Gasteiger partial charge in [-0.15, -0.1) is 11.3 Å². The minimum absolute atomic E-state index is 0.0233. The fraction of sp³-hybridized carbons (Fsp3) is 0.160. The molecule has 30 heavy (non-hydrogen) atoms.